The predicted octanol–water partition coefficient (Wildman–Crippen LogP) is 0.942. The van der Waals surface area contributed by atoms with Gasteiger partial charge in [0.1, 0.15) is 5.82 Å². The van der Waals surface area contributed by atoms with Crippen LogP contribution in [0.5, 0.6) is 0 Å². The van der Waals surface area contributed by atoms with Crippen LogP contribution in [-0.2, 0) is 9.59 Å². The zero-order chi connectivity index (χ0) is 13.1. The highest BCUT2D eigenvalue weighted by Gasteiger charge is 2.24. The average Bonchev–Trinajstić information content (AvgIpc) is 2.19. The van der Waals surface area contributed by atoms with E-state index in [0.29, 0.717) is 18.8 Å². The van der Waals surface area contributed by atoms with Gasteiger partial charge in [0.25, 0.3) is 0 Å². The van der Waals surface area contributed by atoms with Crippen LogP contribution in [-0.4, -0.2) is 24.9 Å². The van der Waals surface area contributed by atoms with Crippen LogP contribution in [0, 0.1) is 11.7 Å². The van der Waals surface area contributed by atoms with E-state index in [-0.39, 0.29) is 23.4 Å². The van der Waals surface area contributed by atoms with Crippen molar-refractivity contribution in [2.45, 2.75) is 6.92 Å². The fraction of sp³-hybridized carbons (Fsp3) is 0.333. The lowest BCUT2D eigenvalue weighted by molar-refractivity contribution is -0.121. The van der Waals surface area contributed by atoms with Gasteiger partial charge in [-0.15, -0.1) is 0 Å². The van der Waals surface area contributed by atoms with Crippen molar-refractivity contribution in [1.82, 2.24) is 5.32 Å². The molecule has 0 spiro atoms. The fourth-order valence-corrected chi connectivity index (χ4v) is 1.61. The van der Waals surface area contributed by atoms with Crippen LogP contribution in [0.3, 0.4) is 0 Å². The smallest absolute Gasteiger partial charge is 0.230 e. The molecule has 0 atom stereocenters. The summed E-state index contributed by atoms with van der Waals surface area (Å²) < 4.78 is 13.4. The Labute approximate surface area is 104 Å². The van der Waals surface area contributed by atoms with E-state index in [4.69, 9.17) is 0 Å². The first-order valence-electron chi connectivity index (χ1n) is 5.65. The molecule has 1 aliphatic heterocycles. The maximum atomic E-state index is 13.4. The molecule has 1 saturated heterocycles. The minimum atomic E-state index is -0.534. The maximum Gasteiger partial charge on any atom is 0.230 e. The maximum absolute atomic E-state index is 13.4. The van der Waals surface area contributed by atoms with E-state index in [9.17, 15) is 14.0 Å². The van der Waals surface area contributed by atoms with Crippen molar-refractivity contribution >= 4 is 23.2 Å². The molecule has 1 heterocycles. The third-order valence-corrected chi connectivity index (χ3v) is 2.70. The van der Waals surface area contributed by atoms with E-state index in [0.717, 1.165) is 0 Å². The fourth-order valence-electron chi connectivity index (χ4n) is 1.61. The van der Waals surface area contributed by atoms with Crippen LogP contribution >= 0.6 is 0 Å². The van der Waals surface area contributed by atoms with Gasteiger partial charge in [-0.3, -0.25) is 9.59 Å². The van der Waals surface area contributed by atoms with Gasteiger partial charge >= 0.3 is 0 Å². The predicted molar refractivity (Wildman–Crippen MR) is 65.7 cm³/mol. The number of benzene rings is 1. The van der Waals surface area contributed by atoms with E-state index in [1.165, 1.54) is 25.1 Å². The van der Waals surface area contributed by atoms with Gasteiger partial charge in [-0.1, -0.05) is 0 Å². The lowest BCUT2D eigenvalue weighted by Gasteiger charge is -2.25. The lowest BCUT2D eigenvalue weighted by atomic mass is 10.0. The van der Waals surface area contributed by atoms with E-state index in [2.05, 4.69) is 16.0 Å². The second kappa shape index (κ2) is 5.14. The molecule has 0 saturated carbocycles. The molecule has 1 aliphatic rings. The molecule has 2 rings (SSSR count). The molecule has 6 heteroatoms. The van der Waals surface area contributed by atoms with Crippen LogP contribution in [0.2, 0.25) is 0 Å². The minimum Gasteiger partial charge on any atom is -0.326 e. The number of amides is 2. The molecule has 0 unspecified atom stereocenters. The van der Waals surface area contributed by atoms with Crippen LogP contribution in [0.15, 0.2) is 18.2 Å². The van der Waals surface area contributed by atoms with E-state index in [1.807, 2.05) is 0 Å². The molecular weight excluding hydrogens is 237 g/mol. The molecule has 3 N–H and O–H groups in total. The standard InChI is InChI=1S/C12H14FN3O2/c1-7(17)15-11-4-9(2-3-10(11)13)16-12(18)8-5-14-6-8/h2-4,8,14H,5-6H2,1H3,(H,15,17)(H,16,18). The number of anilines is 2. The highest BCUT2D eigenvalue weighted by atomic mass is 19.1. The Hall–Kier alpha value is -1.95. The van der Waals surface area contributed by atoms with Crippen LogP contribution in [0.4, 0.5) is 15.8 Å². The quantitative estimate of drug-likeness (QED) is 0.748. The van der Waals surface area contributed by atoms with E-state index >= 15 is 0 Å². The van der Waals surface area contributed by atoms with Crippen molar-refractivity contribution < 1.29 is 14.0 Å². The molecule has 1 fully saturated rings. The molecule has 2 amide bonds. The third kappa shape index (κ3) is 2.84. The van der Waals surface area contributed by atoms with Crippen LogP contribution in [0.1, 0.15) is 6.92 Å². The van der Waals surface area contributed by atoms with Crippen molar-refractivity contribution in [3.8, 4) is 0 Å². The minimum absolute atomic E-state index is 0.0423. The van der Waals surface area contributed by atoms with Crippen molar-refractivity contribution in [3.63, 3.8) is 0 Å². The van der Waals surface area contributed by atoms with Gasteiger partial charge in [0.05, 0.1) is 11.6 Å². The average molecular weight is 251 g/mol. The first kappa shape index (κ1) is 12.5. The summed E-state index contributed by atoms with van der Waals surface area (Å²) in [7, 11) is 0. The SMILES string of the molecule is CC(=O)Nc1cc(NC(=O)C2CNC2)ccc1F. The second-order valence-electron chi connectivity index (χ2n) is 4.22. The second-order valence-corrected chi connectivity index (χ2v) is 4.22. The van der Waals surface area contributed by atoms with Crippen LogP contribution in [0.25, 0.3) is 0 Å². The highest BCUT2D eigenvalue weighted by Crippen LogP contribution is 2.20. The lowest BCUT2D eigenvalue weighted by Crippen LogP contribution is -2.48. The van der Waals surface area contributed by atoms with Gasteiger partial charge in [0.2, 0.25) is 11.8 Å². The number of carbonyl (C=O) groups is 2. The molecule has 1 aromatic rings. The van der Waals surface area contributed by atoms with Gasteiger partial charge in [-0.2, -0.15) is 0 Å². The molecule has 5 nitrogen and oxygen atoms in total. The largest absolute Gasteiger partial charge is 0.326 e. The number of hydrogen-bond donors (Lipinski definition) is 3. The number of halogens is 1. The summed E-state index contributed by atoms with van der Waals surface area (Å²) in [5.41, 5.74) is 0.532. The highest BCUT2D eigenvalue weighted by molar-refractivity contribution is 5.95. The summed E-state index contributed by atoms with van der Waals surface area (Å²) >= 11 is 0. The zero-order valence-corrected chi connectivity index (χ0v) is 9.92. The topological polar surface area (TPSA) is 70.2 Å². The summed E-state index contributed by atoms with van der Waals surface area (Å²) in [6, 6.07) is 4.07. The monoisotopic (exact) mass is 251 g/mol. The first-order valence-corrected chi connectivity index (χ1v) is 5.65. The van der Waals surface area contributed by atoms with Gasteiger partial charge in [-0.25, -0.2) is 4.39 Å². The first-order chi connectivity index (χ1) is 8.56. The Bertz CT molecular complexity index is 486. The van der Waals surface area contributed by atoms with Gasteiger partial charge in [0.15, 0.2) is 0 Å². The van der Waals surface area contributed by atoms with E-state index < -0.39 is 5.82 Å². The molecule has 1 aromatic carbocycles. The summed E-state index contributed by atoms with van der Waals surface area (Å²) in [5, 5.41) is 8.05. The van der Waals surface area contributed by atoms with Crippen molar-refractivity contribution in [1.29, 1.82) is 0 Å². The van der Waals surface area contributed by atoms with Crippen LogP contribution < -0.4 is 16.0 Å². The Morgan fingerprint density at radius 1 is 1.33 bits per heavy atom. The van der Waals surface area contributed by atoms with Crippen molar-refractivity contribution in [2.75, 3.05) is 23.7 Å². The molecular formula is C12H14FN3O2. The summed E-state index contributed by atoms with van der Waals surface area (Å²) in [4.78, 5) is 22.6. The summed E-state index contributed by atoms with van der Waals surface area (Å²) in [6.45, 7) is 2.61. The molecule has 0 radical (unpaired) electrons. The molecule has 0 aliphatic carbocycles. The van der Waals surface area contributed by atoms with Gasteiger partial charge in [0, 0.05) is 25.7 Å². The zero-order valence-electron chi connectivity index (χ0n) is 9.92. The number of carbonyl (C=O) groups excluding carboxylic acids is 2. The summed E-state index contributed by atoms with van der Waals surface area (Å²) in [5.74, 6) is -1.04. The number of hydrogen-bond acceptors (Lipinski definition) is 3. The van der Waals surface area contributed by atoms with Gasteiger partial charge < -0.3 is 16.0 Å². The molecule has 0 bridgehead atoms. The Kier molecular flexibility index (Phi) is 3.57. The van der Waals surface area contributed by atoms with Crippen molar-refractivity contribution in [2.24, 2.45) is 5.92 Å². The number of nitrogens with one attached hydrogen (secondary N) is 3. The Balaban J connectivity index is 2.08. The molecule has 96 valence electrons. The Morgan fingerprint density at radius 2 is 2.06 bits per heavy atom. The normalized spacial score (nSPS) is 14.8. The summed E-state index contributed by atoms with van der Waals surface area (Å²) in [6.07, 6.45) is 0. The Morgan fingerprint density at radius 3 is 2.61 bits per heavy atom. The van der Waals surface area contributed by atoms with Crippen molar-refractivity contribution in [3.05, 3.63) is 24.0 Å². The van der Waals surface area contributed by atoms with E-state index in [1.54, 1.807) is 0 Å². The van der Waals surface area contributed by atoms with Gasteiger partial charge in [-0.05, 0) is 18.2 Å². The molecule has 0 aromatic heterocycles. The third-order valence-electron chi connectivity index (χ3n) is 2.70. The molecule has 18 heavy (non-hydrogen) atoms. The number of rotatable bonds is 3.